The van der Waals surface area contributed by atoms with E-state index in [1.165, 1.54) is 19.3 Å². The Balaban J connectivity index is 1.92. The van der Waals surface area contributed by atoms with Crippen molar-refractivity contribution >= 4 is 5.69 Å². The van der Waals surface area contributed by atoms with Gasteiger partial charge in [-0.3, -0.25) is 15.0 Å². The Kier molecular flexibility index (Phi) is 4.08. The largest absolute Gasteiger partial charge is 0.485 e. The van der Waals surface area contributed by atoms with Crippen LogP contribution in [0.25, 0.3) is 0 Å². The molecule has 0 N–H and O–H groups in total. The van der Waals surface area contributed by atoms with Crippen molar-refractivity contribution in [1.82, 2.24) is 4.90 Å². The second kappa shape index (κ2) is 5.78. The van der Waals surface area contributed by atoms with E-state index in [4.69, 9.17) is 4.74 Å². The molecule has 0 amide bonds. The van der Waals surface area contributed by atoms with E-state index in [2.05, 4.69) is 11.8 Å². The zero-order valence-electron chi connectivity index (χ0n) is 14.6. The Hall–Kier alpha value is -1.62. The van der Waals surface area contributed by atoms with Gasteiger partial charge in [0.05, 0.1) is 4.92 Å². The van der Waals surface area contributed by atoms with Gasteiger partial charge < -0.3 is 4.74 Å². The molecule has 2 heterocycles. The summed E-state index contributed by atoms with van der Waals surface area (Å²) in [5.41, 5.74) is 3.42. The summed E-state index contributed by atoms with van der Waals surface area (Å²) < 4.78 is 6.36. The maximum Gasteiger partial charge on any atom is 0.275 e. The zero-order valence-corrected chi connectivity index (χ0v) is 14.6. The summed E-state index contributed by atoms with van der Waals surface area (Å²) in [5, 5.41) is 11.4. The summed E-state index contributed by atoms with van der Waals surface area (Å²) in [5.74, 6) is 0.880. The summed E-state index contributed by atoms with van der Waals surface area (Å²) in [7, 11) is 0. The van der Waals surface area contributed by atoms with E-state index in [1.54, 1.807) is 0 Å². The monoisotopic (exact) mass is 318 g/mol. The molecule has 1 aromatic carbocycles. The second-order valence-corrected chi connectivity index (χ2v) is 7.35. The van der Waals surface area contributed by atoms with Crippen molar-refractivity contribution in [2.24, 2.45) is 0 Å². The van der Waals surface area contributed by atoms with Crippen molar-refractivity contribution in [1.29, 1.82) is 0 Å². The number of nitrogens with zero attached hydrogens (tertiary/aromatic N) is 2. The highest BCUT2D eigenvalue weighted by Gasteiger charge is 2.41. The maximum atomic E-state index is 11.4. The third-order valence-corrected chi connectivity index (χ3v) is 5.43. The summed E-state index contributed by atoms with van der Waals surface area (Å²) in [6.07, 6.45) is 4.59. The molecular weight excluding hydrogens is 292 g/mol. The van der Waals surface area contributed by atoms with E-state index in [0.29, 0.717) is 0 Å². The number of piperidine rings is 1. The number of benzene rings is 1. The van der Waals surface area contributed by atoms with Crippen LogP contribution in [0.3, 0.4) is 0 Å². The standard InChI is InChI=1S/C18H26N2O3/c1-12-13(2)17-15(14(3)16(12)20(21)22)10-18(4,23-17)11-19-8-6-5-7-9-19/h5-11H2,1-4H3. The molecule has 126 valence electrons. The van der Waals surface area contributed by atoms with Crippen LogP contribution in [0, 0.1) is 30.9 Å². The SMILES string of the molecule is Cc1c(C)c([N+](=O)[O-])c(C)c2c1OC(C)(CN1CCCCC1)C2. The van der Waals surface area contributed by atoms with Crippen LogP contribution in [0.1, 0.15) is 48.4 Å². The van der Waals surface area contributed by atoms with Gasteiger partial charge in [0, 0.05) is 35.2 Å². The zero-order chi connectivity index (χ0) is 16.8. The molecule has 0 bridgehead atoms. The van der Waals surface area contributed by atoms with Gasteiger partial charge in [-0.15, -0.1) is 0 Å². The van der Waals surface area contributed by atoms with Gasteiger partial charge in [-0.1, -0.05) is 6.42 Å². The third-order valence-electron chi connectivity index (χ3n) is 5.43. The number of likely N-dealkylation sites (tertiary alicyclic amines) is 1. The normalized spacial score (nSPS) is 24.3. The molecule has 1 atom stereocenters. The topological polar surface area (TPSA) is 55.6 Å². The van der Waals surface area contributed by atoms with Crippen LogP contribution >= 0.6 is 0 Å². The van der Waals surface area contributed by atoms with Crippen LogP contribution in [0.5, 0.6) is 5.75 Å². The minimum absolute atomic E-state index is 0.252. The number of rotatable bonds is 3. The van der Waals surface area contributed by atoms with Crippen molar-refractivity contribution < 1.29 is 9.66 Å². The van der Waals surface area contributed by atoms with Gasteiger partial charge in [-0.25, -0.2) is 0 Å². The van der Waals surface area contributed by atoms with Crippen LogP contribution in [-0.2, 0) is 6.42 Å². The number of fused-ring (bicyclic) bond motifs is 1. The fourth-order valence-electron chi connectivity index (χ4n) is 4.13. The predicted octanol–water partition coefficient (Wildman–Crippen LogP) is 3.70. The lowest BCUT2D eigenvalue weighted by atomic mass is 9.91. The van der Waals surface area contributed by atoms with Crippen LogP contribution in [0.2, 0.25) is 0 Å². The van der Waals surface area contributed by atoms with E-state index >= 15 is 0 Å². The first kappa shape index (κ1) is 16.2. The first-order valence-electron chi connectivity index (χ1n) is 8.51. The smallest absolute Gasteiger partial charge is 0.275 e. The number of nitro groups is 1. The highest BCUT2D eigenvalue weighted by molar-refractivity contribution is 5.63. The van der Waals surface area contributed by atoms with Gasteiger partial charge >= 0.3 is 0 Å². The Bertz CT molecular complexity index is 650. The summed E-state index contributed by atoms with van der Waals surface area (Å²) >= 11 is 0. The third kappa shape index (κ3) is 2.82. The van der Waals surface area contributed by atoms with Gasteiger partial charge in [-0.05, 0) is 53.6 Å². The summed E-state index contributed by atoms with van der Waals surface area (Å²) in [6.45, 7) is 10.9. The molecule has 2 aliphatic heterocycles. The molecule has 0 saturated carbocycles. The molecule has 1 saturated heterocycles. The molecule has 1 unspecified atom stereocenters. The number of nitro benzene ring substituents is 1. The van der Waals surface area contributed by atoms with Gasteiger partial charge in [0.2, 0.25) is 0 Å². The number of hydrogen-bond acceptors (Lipinski definition) is 4. The quantitative estimate of drug-likeness (QED) is 0.630. The van der Waals surface area contributed by atoms with E-state index in [0.717, 1.165) is 54.1 Å². The van der Waals surface area contributed by atoms with Crippen molar-refractivity contribution in [2.75, 3.05) is 19.6 Å². The summed E-state index contributed by atoms with van der Waals surface area (Å²) in [4.78, 5) is 13.7. The molecule has 0 aromatic heterocycles. The molecule has 23 heavy (non-hydrogen) atoms. The minimum Gasteiger partial charge on any atom is -0.485 e. The number of hydrogen-bond donors (Lipinski definition) is 0. The first-order valence-corrected chi connectivity index (χ1v) is 8.51. The van der Waals surface area contributed by atoms with E-state index in [-0.39, 0.29) is 16.2 Å². The molecule has 3 rings (SSSR count). The molecule has 1 fully saturated rings. The maximum absolute atomic E-state index is 11.4. The van der Waals surface area contributed by atoms with Gasteiger partial charge in [0.1, 0.15) is 11.4 Å². The lowest BCUT2D eigenvalue weighted by molar-refractivity contribution is -0.386. The molecule has 0 radical (unpaired) electrons. The second-order valence-electron chi connectivity index (χ2n) is 7.35. The molecule has 0 spiro atoms. The Labute approximate surface area is 137 Å². The average Bonchev–Trinajstić information content (AvgIpc) is 2.84. The van der Waals surface area contributed by atoms with Crippen molar-refractivity contribution in [3.8, 4) is 5.75 Å². The molecule has 5 nitrogen and oxygen atoms in total. The van der Waals surface area contributed by atoms with Crippen LogP contribution in [0.15, 0.2) is 0 Å². The Morgan fingerprint density at radius 1 is 1.13 bits per heavy atom. The van der Waals surface area contributed by atoms with Crippen molar-refractivity contribution in [3.63, 3.8) is 0 Å². The van der Waals surface area contributed by atoms with Gasteiger partial charge in [-0.2, -0.15) is 0 Å². The minimum atomic E-state index is -0.281. The number of ether oxygens (including phenoxy) is 1. The molecule has 0 aliphatic carbocycles. The molecule has 5 heteroatoms. The Morgan fingerprint density at radius 2 is 1.78 bits per heavy atom. The van der Waals surface area contributed by atoms with Crippen LogP contribution < -0.4 is 4.74 Å². The first-order chi connectivity index (χ1) is 10.8. The molecule has 1 aromatic rings. The predicted molar refractivity (Wildman–Crippen MR) is 90.3 cm³/mol. The highest BCUT2D eigenvalue weighted by atomic mass is 16.6. The van der Waals surface area contributed by atoms with E-state index < -0.39 is 0 Å². The fourth-order valence-corrected chi connectivity index (χ4v) is 4.13. The molecule has 2 aliphatic rings. The lowest BCUT2D eigenvalue weighted by Gasteiger charge is -2.34. The van der Waals surface area contributed by atoms with Crippen molar-refractivity contribution in [3.05, 3.63) is 32.4 Å². The van der Waals surface area contributed by atoms with E-state index in [9.17, 15) is 10.1 Å². The Morgan fingerprint density at radius 3 is 2.39 bits per heavy atom. The van der Waals surface area contributed by atoms with Crippen LogP contribution in [-0.4, -0.2) is 35.1 Å². The lowest BCUT2D eigenvalue weighted by Crippen LogP contribution is -2.46. The average molecular weight is 318 g/mol. The van der Waals surface area contributed by atoms with Gasteiger partial charge in [0.25, 0.3) is 5.69 Å². The van der Waals surface area contributed by atoms with Crippen LogP contribution in [0.4, 0.5) is 5.69 Å². The van der Waals surface area contributed by atoms with Crippen molar-refractivity contribution in [2.45, 2.75) is 59.0 Å². The summed E-state index contributed by atoms with van der Waals surface area (Å²) in [6, 6.07) is 0. The fraction of sp³-hybridized carbons (Fsp3) is 0.667. The molecular formula is C18H26N2O3. The van der Waals surface area contributed by atoms with E-state index in [1.807, 2.05) is 20.8 Å². The van der Waals surface area contributed by atoms with Gasteiger partial charge in [0.15, 0.2) is 0 Å². The highest BCUT2D eigenvalue weighted by Crippen LogP contribution is 2.45.